The highest BCUT2D eigenvalue weighted by atomic mass is 32.2. The maximum absolute atomic E-state index is 12.0. The first-order chi connectivity index (χ1) is 9.94. The van der Waals surface area contributed by atoms with E-state index in [1.165, 1.54) is 0 Å². The van der Waals surface area contributed by atoms with E-state index in [2.05, 4.69) is 0 Å². The fourth-order valence-electron chi connectivity index (χ4n) is 2.20. The summed E-state index contributed by atoms with van der Waals surface area (Å²) in [6, 6.07) is 6.86. The SMILES string of the molecule is CCS(=O)(=O)C[C@]1(c2ccc(OC)cc2)OC[C@@H](CO)O1. The van der Waals surface area contributed by atoms with Gasteiger partial charge in [-0.1, -0.05) is 6.92 Å². The molecular weight excluding hydrogens is 296 g/mol. The Hall–Kier alpha value is -1.15. The highest BCUT2D eigenvalue weighted by molar-refractivity contribution is 7.91. The number of aliphatic hydroxyl groups is 1. The lowest BCUT2D eigenvalue weighted by molar-refractivity contribution is -0.162. The number of hydrogen-bond donors (Lipinski definition) is 1. The summed E-state index contributed by atoms with van der Waals surface area (Å²) in [6.45, 7) is 1.52. The fourth-order valence-corrected chi connectivity index (χ4v) is 3.30. The molecule has 1 fully saturated rings. The Bertz CT molecular complexity index is 568. The van der Waals surface area contributed by atoms with E-state index in [0.29, 0.717) is 11.3 Å². The van der Waals surface area contributed by atoms with Crippen LogP contribution in [0.4, 0.5) is 0 Å². The molecule has 0 unspecified atom stereocenters. The molecule has 1 aromatic rings. The lowest BCUT2D eigenvalue weighted by Crippen LogP contribution is -2.37. The van der Waals surface area contributed by atoms with Crippen molar-refractivity contribution in [3.8, 4) is 5.75 Å². The van der Waals surface area contributed by atoms with E-state index in [1.807, 2.05) is 0 Å². The van der Waals surface area contributed by atoms with Crippen molar-refractivity contribution in [1.29, 1.82) is 0 Å². The van der Waals surface area contributed by atoms with E-state index in [9.17, 15) is 13.5 Å². The van der Waals surface area contributed by atoms with Crippen molar-refractivity contribution in [2.24, 2.45) is 0 Å². The second-order valence-corrected chi connectivity index (χ2v) is 7.24. The minimum Gasteiger partial charge on any atom is -0.497 e. The zero-order valence-electron chi connectivity index (χ0n) is 12.1. The van der Waals surface area contributed by atoms with E-state index >= 15 is 0 Å². The van der Waals surface area contributed by atoms with Crippen LogP contribution in [0.2, 0.25) is 0 Å². The molecule has 1 saturated heterocycles. The normalized spacial score (nSPS) is 26.0. The first-order valence-electron chi connectivity index (χ1n) is 6.72. The zero-order chi connectivity index (χ0) is 15.5. The molecule has 0 spiro atoms. The molecule has 0 amide bonds. The average molecular weight is 316 g/mol. The van der Waals surface area contributed by atoms with Gasteiger partial charge in [0.2, 0.25) is 5.79 Å². The fraction of sp³-hybridized carbons (Fsp3) is 0.571. The van der Waals surface area contributed by atoms with Crippen LogP contribution < -0.4 is 4.74 Å². The molecule has 1 N–H and O–H groups in total. The molecule has 0 bridgehead atoms. The van der Waals surface area contributed by atoms with Crippen molar-refractivity contribution in [1.82, 2.24) is 0 Å². The van der Waals surface area contributed by atoms with Gasteiger partial charge < -0.3 is 19.3 Å². The number of ether oxygens (including phenoxy) is 3. The predicted molar refractivity (Wildman–Crippen MR) is 76.9 cm³/mol. The standard InChI is InChI=1S/C14H20O6S/c1-3-21(16,17)10-14(19-9-13(8-15)20-14)11-4-6-12(18-2)7-5-11/h4-7,13,15H,3,8-10H2,1-2H3/t13-,14+/m1/s1. The Labute approximate surface area is 124 Å². The van der Waals surface area contributed by atoms with E-state index in [4.69, 9.17) is 14.2 Å². The van der Waals surface area contributed by atoms with Gasteiger partial charge in [-0.15, -0.1) is 0 Å². The maximum atomic E-state index is 12.0. The lowest BCUT2D eigenvalue weighted by Gasteiger charge is -2.28. The van der Waals surface area contributed by atoms with Gasteiger partial charge in [0.25, 0.3) is 0 Å². The van der Waals surface area contributed by atoms with Crippen LogP contribution in [-0.2, 0) is 25.1 Å². The van der Waals surface area contributed by atoms with E-state index in [-0.39, 0.29) is 24.7 Å². The Morgan fingerprint density at radius 3 is 2.52 bits per heavy atom. The summed E-state index contributed by atoms with van der Waals surface area (Å²) in [4.78, 5) is 0. The van der Waals surface area contributed by atoms with E-state index in [0.717, 1.165) is 0 Å². The molecule has 2 atom stereocenters. The van der Waals surface area contributed by atoms with Crippen LogP contribution >= 0.6 is 0 Å². The third kappa shape index (κ3) is 3.55. The maximum Gasteiger partial charge on any atom is 0.209 e. The molecule has 2 rings (SSSR count). The lowest BCUT2D eigenvalue weighted by atomic mass is 10.1. The highest BCUT2D eigenvalue weighted by Gasteiger charge is 2.46. The molecule has 0 saturated carbocycles. The number of methoxy groups -OCH3 is 1. The Morgan fingerprint density at radius 2 is 2.05 bits per heavy atom. The summed E-state index contributed by atoms with van der Waals surface area (Å²) < 4.78 is 40.4. The summed E-state index contributed by atoms with van der Waals surface area (Å²) in [7, 11) is -1.77. The number of benzene rings is 1. The monoisotopic (exact) mass is 316 g/mol. The minimum atomic E-state index is -3.32. The van der Waals surface area contributed by atoms with Crippen LogP contribution in [0.25, 0.3) is 0 Å². The predicted octanol–water partition coefficient (Wildman–Crippen LogP) is 0.690. The third-order valence-corrected chi connectivity index (χ3v) is 5.14. The number of rotatable bonds is 6. The first kappa shape index (κ1) is 16.2. The number of sulfone groups is 1. The van der Waals surface area contributed by atoms with Gasteiger partial charge in [-0.25, -0.2) is 8.42 Å². The van der Waals surface area contributed by atoms with Crippen LogP contribution in [0.1, 0.15) is 12.5 Å². The third-order valence-electron chi connectivity index (χ3n) is 3.44. The molecule has 0 aliphatic carbocycles. The van der Waals surface area contributed by atoms with Crippen molar-refractivity contribution in [3.63, 3.8) is 0 Å². The molecule has 1 heterocycles. The van der Waals surface area contributed by atoms with Crippen LogP contribution in [0.15, 0.2) is 24.3 Å². The Morgan fingerprint density at radius 1 is 1.38 bits per heavy atom. The minimum absolute atomic E-state index is 0.00141. The number of aliphatic hydroxyl groups excluding tert-OH is 1. The number of hydrogen-bond acceptors (Lipinski definition) is 6. The summed E-state index contributed by atoms with van der Waals surface area (Å²) in [5.74, 6) is -0.987. The van der Waals surface area contributed by atoms with Crippen LogP contribution in [0.3, 0.4) is 0 Å². The Kier molecular flexibility index (Phi) is 4.88. The van der Waals surface area contributed by atoms with Gasteiger partial charge in [-0.05, 0) is 24.3 Å². The highest BCUT2D eigenvalue weighted by Crippen LogP contribution is 2.36. The van der Waals surface area contributed by atoms with Crippen molar-refractivity contribution in [3.05, 3.63) is 29.8 Å². The smallest absolute Gasteiger partial charge is 0.209 e. The first-order valence-corrected chi connectivity index (χ1v) is 8.54. The summed E-state index contributed by atoms with van der Waals surface area (Å²) >= 11 is 0. The molecule has 0 aromatic heterocycles. The van der Waals surface area contributed by atoms with Crippen LogP contribution in [0, 0.1) is 0 Å². The molecule has 1 aliphatic heterocycles. The van der Waals surface area contributed by atoms with Gasteiger partial charge in [0.05, 0.1) is 20.3 Å². The van der Waals surface area contributed by atoms with Crippen LogP contribution in [0.5, 0.6) is 5.75 Å². The molecule has 1 aromatic carbocycles. The topological polar surface area (TPSA) is 82.1 Å². The summed E-state index contributed by atoms with van der Waals surface area (Å²) in [5, 5.41) is 9.21. The molecule has 0 radical (unpaired) electrons. The quantitative estimate of drug-likeness (QED) is 0.831. The average Bonchev–Trinajstić information content (AvgIpc) is 2.91. The van der Waals surface area contributed by atoms with E-state index < -0.39 is 21.7 Å². The van der Waals surface area contributed by atoms with Gasteiger partial charge in [0, 0.05) is 11.3 Å². The molecule has 6 nitrogen and oxygen atoms in total. The van der Waals surface area contributed by atoms with Crippen molar-refractivity contribution in [2.75, 3.05) is 31.8 Å². The van der Waals surface area contributed by atoms with Gasteiger partial charge in [-0.2, -0.15) is 0 Å². The van der Waals surface area contributed by atoms with Crippen LogP contribution in [-0.4, -0.2) is 51.5 Å². The molecule has 7 heteroatoms. The molecule has 21 heavy (non-hydrogen) atoms. The second kappa shape index (κ2) is 6.31. The molecular formula is C14H20O6S. The Balaban J connectivity index is 2.36. The van der Waals surface area contributed by atoms with Gasteiger partial charge in [0.1, 0.15) is 17.6 Å². The summed E-state index contributed by atoms with van der Waals surface area (Å²) in [6.07, 6.45) is -0.529. The zero-order valence-corrected chi connectivity index (χ0v) is 12.9. The second-order valence-electron chi connectivity index (χ2n) is 4.89. The van der Waals surface area contributed by atoms with Gasteiger partial charge >= 0.3 is 0 Å². The van der Waals surface area contributed by atoms with Gasteiger partial charge in [0.15, 0.2) is 9.84 Å². The van der Waals surface area contributed by atoms with Crippen molar-refractivity contribution >= 4 is 9.84 Å². The molecule has 118 valence electrons. The van der Waals surface area contributed by atoms with Crippen molar-refractivity contribution < 1.29 is 27.7 Å². The van der Waals surface area contributed by atoms with E-state index in [1.54, 1.807) is 38.3 Å². The summed E-state index contributed by atoms with van der Waals surface area (Å²) in [5.41, 5.74) is 0.594. The largest absolute Gasteiger partial charge is 0.497 e. The van der Waals surface area contributed by atoms with Crippen molar-refractivity contribution in [2.45, 2.75) is 18.8 Å². The molecule has 1 aliphatic rings. The van der Waals surface area contributed by atoms with Gasteiger partial charge in [-0.3, -0.25) is 0 Å².